The molecule has 1 aliphatic carbocycles. The second kappa shape index (κ2) is 16.6. The van der Waals surface area contributed by atoms with Crippen molar-refractivity contribution in [2.45, 2.75) is 0 Å². The fourth-order valence-corrected chi connectivity index (χ4v) is 15.8. The zero-order valence-corrected chi connectivity index (χ0v) is 32.9. The summed E-state index contributed by atoms with van der Waals surface area (Å²) < 4.78 is 0. The molecular formula is C46H36N2P2Y+2. The van der Waals surface area contributed by atoms with Crippen molar-refractivity contribution in [2.24, 2.45) is 0 Å². The summed E-state index contributed by atoms with van der Waals surface area (Å²) in [6.07, 6.45) is 4.58. The van der Waals surface area contributed by atoms with Crippen LogP contribution in [0.3, 0.4) is 0 Å². The van der Waals surface area contributed by atoms with Gasteiger partial charge >= 0.3 is 298 Å². The van der Waals surface area contributed by atoms with E-state index in [4.69, 9.17) is 0 Å². The Balaban J connectivity index is 0.00000448. The summed E-state index contributed by atoms with van der Waals surface area (Å²) in [5.41, 5.74) is 2.27. The van der Waals surface area contributed by atoms with E-state index in [0.29, 0.717) is 17.7 Å². The Kier molecular flexibility index (Phi) is 11.8. The first-order chi connectivity index (χ1) is 24.7. The fourth-order valence-electron chi connectivity index (χ4n) is 7.22. The summed E-state index contributed by atoms with van der Waals surface area (Å²) in [6.45, 7) is 0. The summed E-state index contributed by atoms with van der Waals surface area (Å²) >= 11 is 0. The number of benzene rings is 6. The number of hydrogen-bond donors (Lipinski definition) is 0. The molecule has 0 aromatic heterocycles. The van der Waals surface area contributed by atoms with E-state index in [-0.39, 0.29) is 32.7 Å². The van der Waals surface area contributed by atoms with E-state index in [1.54, 1.807) is 0 Å². The maximum Gasteiger partial charge on any atom is 0 e. The first-order valence-corrected chi connectivity index (χ1v) is 20.8. The first kappa shape index (κ1) is 36.2. The molecular weight excluding hydrogens is 731 g/mol. The summed E-state index contributed by atoms with van der Waals surface area (Å²) in [7, 11) is -5.16. The normalized spacial score (nSPS) is 13.9. The minimum Gasteiger partial charge on any atom is 0 e. The molecule has 5 heteroatoms. The van der Waals surface area contributed by atoms with Crippen LogP contribution in [0, 0.1) is 28.6 Å². The van der Waals surface area contributed by atoms with Crippen molar-refractivity contribution in [1.82, 2.24) is 0 Å². The van der Waals surface area contributed by atoms with Crippen LogP contribution in [0.1, 0.15) is 0 Å². The molecule has 51 heavy (non-hydrogen) atoms. The molecule has 0 unspecified atom stereocenters. The van der Waals surface area contributed by atoms with Crippen molar-refractivity contribution in [3.8, 4) is 12.1 Å². The van der Waals surface area contributed by atoms with E-state index >= 15 is 0 Å². The molecule has 0 fully saturated rings. The molecule has 0 heterocycles. The molecule has 0 N–H and O–H groups in total. The molecule has 0 bridgehead atoms. The summed E-state index contributed by atoms with van der Waals surface area (Å²) in [5.74, 6) is 2.90. The molecule has 0 spiro atoms. The van der Waals surface area contributed by atoms with Crippen LogP contribution in [-0.2, 0) is 32.7 Å². The molecule has 241 valence electrons. The summed E-state index contributed by atoms with van der Waals surface area (Å²) in [4.78, 5) is 0. The average molecular weight is 768 g/mol. The van der Waals surface area contributed by atoms with Gasteiger partial charge in [-0.15, -0.1) is 0 Å². The van der Waals surface area contributed by atoms with Gasteiger partial charge in [0.25, 0.3) is 0 Å². The molecule has 2 nitrogen and oxygen atoms in total. The first-order valence-electron chi connectivity index (χ1n) is 16.7. The van der Waals surface area contributed by atoms with Gasteiger partial charge in [0.2, 0.25) is 0 Å². The summed E-state index contributed by atoms with van der Waals surface area (Å²) in [6, 6.07) is 69.0. The van der Waals surface area contributed by atoms with Gasteiger partial charge in [0.15, 0.2) is 0 Å². The van der Waals surface area contributed by atoms with Crippen molar-refractivity contribution in [3.05, 3.63) is 223 Å². The van der Waals surface area contributed by atoms with Crippen LogP contribution in [0.2, 0.25) is 0 Å². The van der Waals surface area contributed by atoms with E-state index in [9.17, 15) is 10.5 Å². The number of rotatable bonds is 9. The molecule has 7 rings (SSSR count). The van der Waals surface area contributed by atoms with Crippen molar-refractivity contribution < 1.29 is 32.7 Å². The maximum absolute atomic E-state index is 10.8. The van der Waals surface area contributed by atoms with E-state index in [0.717, 1.165) is 11.1 Å². The van der Waals surface area contributed by atoms with Crippen molar-refractivity contribution in [1.29, 1.82) is 10.5 Å². The van der Waals surface area contributed by atoms with Gasteiger partial charge in [-0.05, 0) is 0 Å². The minimum absolute atomic E-state index is 0. The van der Waals surface area contributed by atoms with Gasteiger partial charge in [0, 0.05) is 32.7 Å². The van der Waals surface area contributed by atoms with Crippen molar-refractivity contribution in [2.75, 3.05) is 6.16 Å². The Hall–Kier alpha value is -4.65. The van der Waals surface area contributed by atoms with E-state index < -0.39 is 14.5 Å². The Bertz CT molecular complexity index is 2050. The predicted octanol–water partition coefficient (Wildman–Crippen LogP) is 8.08. The zero-order chi connectivity index (χ0) is 34.2. The molecule has 0 saturated carbocycles. The number of nitrogens with zero attached hydrogens (tertiary/aromatic N) is 2. The molecule has 6 aromatic carbocycles. The second-order valence-corrected chi connectivity index (χ2v) is 19.5. The third kappa shape index (κ3) is 7.13. The van der Waals surface area contributed by atoms with Crippen LogP contribution in [-0.4, -0.2) is 6.16 Å². The van der Waals surface area contributed by atoms with Crippen LogP contribution in [0.25, 0.3) is 0 Å². The molecule has 1 aliphatic rings. The second-order valence-electron chi connectivity index (χ2n) is 12.3. The fraction of sp³-hybridized carbons (Fsp3) is 0.0217. The van der Waals surface area contributed by atoms with Crippen LogP contribution in [0.15, 0.2) is 217 Å². The van der Waals surface area contributed by atoms with Crippen LogP contribution in [0.5, 0.6) is 0 Å². The van der Waals surface area contributed by atoms with Gasteiger partial charge < -0.3 is 0 Å². The molecule has 6 aromatic rings. The van der Waals surface area contributed by atoms with Gasteiger partial charge in [0.05, 0.1) is 0 Å². The van der Waals surface area contributed by atoms with Crippen LogP contribution >= 0.6 is 14.5 Å². The smallest absolute Gasteiger partial charge is 0 e. The monoisotopic (exact) mass is 767 g/mol. The standard InChI is InChI=1S/C46H36N2P2.Y/c47-33-37-32-40(36-50(44-25-13-4-14-26-44,45-27-15-5-16-28-45)46-29-17-6-18-30-46)38(34-48)31-39(37)35-49(41-19-7-1-8-20-41,42-21-9-2-10-22-42)43-23-11-3-12-24-43;/h1-32,35,49H,36H2;/q+2;/b39-35+;. The van der Waals surface area contributed by atoms with E-state index in [1.807, 2.05) is 30.4 Å². The third-order valence-electron chi connectivity index (χ3n) is 9.57. The van der Waals surface area contributed by atoms with Gasteiger partial charge in [0.1, 0.15) is 0 Å². The molecule has 0 amide bonds. The average Bonchev–Trinajstić information content (AvgIpc) is 3.21. The largest absolute Gasteiger partial charge is 0 e. The molecule has 1 radical (unpaired) electrons. The molecule has 0 aliphatic heterocycles. The Labute approximate surface area is 328 Å². The van der Waals surface area contributed by atoms with Gasteiger partial charge in [-0.2, -0.15) is 0 Å². The van der Waals surface area contributed by atoms with Gasteiger partial charge in [-0.25, -0.2) is 0 Å². The number of hydrogen-bond acceptors (Lipinski definition) is 2. The molecule has 0 atom stereocenters. The predicted molar refractivity (Wildman–Crippen MR) is 215 cm³/mol. The Morgan fingerprint density at radius 1 is 0.529 bits per heavy atom. The van der Waals surface area contributed by atoms with Crippen LogP contribution in [0.4, 0.5) is 0 Å². The number of nitriles is 2. The van der Waals surface area contributed by atoms with Gasteiger partial charge in [-0.3, -0.25) is 0 Å². The summed E-state index contributed by atoms with van der Waals surface area (Å²) in [5, 5.41) is 29.0. The topological polar surface area (TPSA) is 47.6 Å². The van der Waals surface area contributed by atoms with Crippen molar-refractivity contribution >= 4 is 46.4 Å². The van der Waals surface area contributed by atoms with Gasteiger partial charge in [-0.1, -0.05) is 0 Å². The van der Waals surface area contributed by atoms with E-state index in [1.165, 1.54) is 31.8 Å². The number of allylic oxidation sites excluding steroid dienone is 5. The van der Waals surface area contributed by atoms with E-state index in [2.05, 4.69) is 182 Å². The minimum atomic E-state index is -2.85. The third-order valence-corrected chi connectivity index (χ3v) is 18.4. The SMILES string of the molecule is N#CC1=C/C(=C\[PH](c2ccccc2)(c2ccccc2)c2ccccc2)[C+](C#N)C=C1C[P+](c1ccccc1)(c1ccccc1)c1ccccc1.[Y]. The Morgan fingerprint density at radius 3 is 1.22 bits per heavy atom. The zero-order valence-electron chi connectivity index (χ0n) is 28.2. The van der Waals surface area contributed by atoms with Crippen LogP contribution < -0.4 is 31.8 Å². The Morgan fingerprint density at radius 2 is 0.882 bits per heavy atom. The molecule has 0 saturated heterocycles. The van der Waals surface area contributed by atoms with Crippen molar-refractivity contribution in [3.63, 3.8) is 0 Å². The quantitative estimate of drug-likeness (QED) is 0.110. The maximum atomic E-state index is 10.8.